The minimum atomic E-state index is -0.928. The molecule has 4 heterocycles. The van der Waals surface area contributed by atoms with Crippen molar-refractivity contribution in [3.8, 4) is 0 Å². The van der Waals surface area contributed by atoms with Crippen LogP contribution in [0.2, 0.25) is 0 Å². The Morgan fingerprint density at radius 3 is 2.55 bits per heavy atom. The molecule has 0 spiro atoms. The first kappa shape index (κ1) is 18.4. The van der Waals surface area contributed by atoms with Crippen LogP contribution in [0, 0.1) is 5.92 Å². The molecular formula is C21H24N4O4. The molecule has 2 bridgehead atoms. The second-order valence-electron chi connectivity index (χ2n) is 8.53. The standard InChI is InChI=1S/C21H24N4O4/c22-9-12-8-13-2-4-16(12)24(13)10-11-1-3-14-15(7-11)21(29)25(20(14)28)17-5-6-18(26)23-19(17)27/h1,3,7,12-13,16-17H,2,4-6,8-10,22H2,(H,23,26,27)/t12-,13+,16-,17?/m0/s1. The molecule has 152 valence electrons. The topological polar surface area (TPSA) is 113 Å². The van der Waals surface area contributed by atoms with E-state index in [4.69, 9.17) is 5.73 Å². The Morgan fingerprint density at radius 2 is 1.83 bits per heavy atom. The first-order chi connectivity index (χ1) is 14.0. The van der Waals surface area contributed by atoms with Gasteiger partial charge >= 0.3 is 0 Å². The van der Waals surface area contributed by atoms with Crippen LogP contribution in [0.3, 0.4) is 0 Å². The number of piperidine rings is 1. The Kier molecular flexibility index (Phi) is 4.29. The number of nitrogens with zero attached hydrogens (tertiary/aromatic N) is 2. The van der Waals surface area contributed by atoms with Gasteiger partial charge in [-0.3, -0.25) is 34.3 Å². The van der Waals surface area contributed by atoms with Crippen LogP contribution < -0.4 is 11.1 Å². The van der Waals surface area contributed by atoms with Crippen molar-refractivity contribution in [1.29, 1.82) is 0 Å². The van der Waals surface area contributed by atoms with Crippen molar-refractivity contribution in [3.05, 3.63) is 34.9 Å². The van der Waals surface area contributed by atoms with Crippen molar-refractivity contribution in [2.24, 2.45) is 11.7 Å². The SMILES string of the molecule is NC[C@@H]1C[C@H]2CC[C@@H]1N2Cc1ccc2c(c1)C(=O)N(C1CCC(=O)NC1=O)C2=O. The second kappa shape index (κ2) is 6.74. The molecule has 0 radical (unpaired) electrons. The van der Waals surface area contributed by atoms with Crippen molar-refractivity contribution in [2.45, 2.75) is 56.8 Å². The number of nitrogens with two attached hydrogens (primary N) is 1. The van der Waals surface area contributed by atoms with Crippen molar-refractivity contribution >= 4 is 23.6 Å². The van der Waals surface area contributed by atoms with Gasteiger partial charge < -0.3 is 5.73 Å². The summed E-state index contributed by atoms with van der Waals surface area (Å²) in [7, 11) is 0. The molecule has 3 fully saturated rings. The normalized spacial score (nSPS) is 31.6. The number of carbonyl (C=O) groups is 4. The van der Waals surface area contributed by atoms with E-state index >= 15 is 0 Å². The van der Waals surface area contributed by atoms with Gasteiger partial charge in [-0.1, -0.05) is 6.07 Å². The van der Waals surface area contributed by atoms with Crippen molar-refractivity contribution in [3.63, 3.8) is 0 Å². The van der Waals surface area contributed by atoms with E-state index in [1.165, 1.54) is 6.42 Å². The quantitative estimate of drug-likeness (QED) is 0.713. The molecule has 8 nitrogen and oxygen atoms in total. The number of fused-ring (bicyclic) bond motifs is 3. The lowest BCUT2D eigenvalue weighted by Gasteiger charge is -2.27. The summed E-state index contributed by atoms with van der Waals surface area (Å²) in [5.74, 6) is -1.34. The van der Waals surface area contributed by atoms with Gasteiger partial charge in [-0.05, 0) is 55.8 Å². The minimum Gasteiger partial charge on any atom is -0.330 e. The molecule has 4 amide bonds. The molecular weight excluding hydrogens is 372 g/mol. The van der Waals surface area contributed by atoms with Gasteiger partial charge in [0.2, 0.25) is 11.8 Å². The highest BCUT2D eigenvalue weighted by Crippen LogP contribution is 2.42. The lowest BCUT2D eigenvalue weighted by atomic mass is 9.89. The zero-order chi connectivity index (χ0) is 20.3. The highest BCUT2D eigenvalue weighted by molar-refractivity contribution is 6.23. The Bertz CT molecular complexity index is 929. The first-order valence-corrected chi connectivity index (χ1v) is 10.3. The fraction of sp³-hybridized carbons (Fsp3) is 0.524. The van der Waals surface area contributed by atoms with Crippen molar-refractivity contribution in [2.75, 3.05) is 6.54 Å². The molecule has 1 aromatic carbocycles. The van der Waals surface area contributed by atoms with E-state index < -0.39 is 23.8 Å². The smallest absolute Gasteiger partial charge is 0.262 e. The van der Waals surface area contributed by atoms with Gasteiger partial charge in [0.25, 0.3) is 11.8 Å². The number of benzene rings is 1. The van der Waals surface area contributed by atoms with Gasteiger partial charge in [-0.25, -0.2) is 0 Å². The van der Waals surface area contributed by atoms with Crippen LogP contribution in [-0.2, 0) is 16.1 Å². The van der Waals surface area contributed by atoms with Crippen LogP contribution >= 0.6 is 0 Å². The predicted octanol–water partition coefficient (Wildman–Crippen LogP) is 0.399. The second-order valence-corrected chi connectivity index (χ2v) is 8.53. The third-order valence-corrected chi connectivity index (χ3v) is 6.98. The molecule has 0 aromatic heterocycles. The first-order valence-electron chi connectivity index (χ1n) is 10.3. The maximum atomic E-state index is 13.0. The average Bonchev–Trinajstić information content (AvgIpc) is 3.32. The Morgan fingerprint density at radius 1 is 1.03 bits per heavy atom. The molecule has 3 saturated heterocycles. The van der Waals surface area contributed by atoms with Crippen LogP contribution in [0.5, 0.6) is 0 Å². The summed E-state index contributed by atoms with van der Waals surface area (Å²) < 4.78 is 0. The number of imide groups is 2. The van der Waals surface area contributed by atoms with E-state index in [1.807, 2.05) is 6.07 Å². The lowest BCUT2D eigenvalue weighted by molar-refractivity contribution is -0.136. The molecule has 5 rings (SSSR count). The van der Waals surface area contributed by atoms with Crippen LogP contribution in [0.15, 0.2) is 18.2 Å². The molecule has 1 unspecified atom stereocenters. The number of rotatable bonds is 4. The monoisotopic (exact) mass is 396 g/mol. The summed E-state index contributed by atoms with van der Waals surface area (Å²) in [6.07, 6.45) is 3.77. The zero-order valence-corrected chi connectivity index (χ0v) is 16.1. The Balaban J connectivity index is 1.38. The summed E-state index contributed by atoms with van der Waals surface area (Å²) in [6, 6.07) is 5.48. The summed E-state index contributed by atoms with van der Waals surface area (Å²) >= 11 is 0. The average molecular weight is 396 g/mol. The van der Waals surface area contributed by atoms with Gasteiger partial charge in [0.1, 0.15) is 6.04 Å². The Labute approximate surface area is 168 Å². The van der Waals surface area contributed by atoms with Crippen molar-refractivity contribution in [1.82, 2.24) is 15.1 Å². The number of hydrogen-bond donors (Lipinski definition) is 2. The largest absolute Gasteiger partial charge is 0.330 e. The number of amides is 4. The fourth-order valence-corrected chi connectivity index (χ4v) is 5.56. The number of nitrogens with one attached hydrogen (secondary N) is 1. The third kappa shape index (κ3) is 2.81. The van der Waals surface area contributed by atoms with E-state index in [0.717, 1.165) is 29.8 Å². The van der Waals surface area contributed by atoms with Gasteiger partial charge in [0.05, 0.1) is 11.1 Å². The van der Waals surface area contributed by atoms with Crippen LogP contribution in [-0.4, -0.2) is 58.1 Å². The van der Waals surface area contributed by atoms with Crippen LogP contribution in [0.25, 0.3) is 0 Å². The van der Waals surface area contributed by atoms with Crippen molar-refractivity contribution < 1.29 is 19.2 Å². The summed E-state index contributed by atoms with van der Waals surface area (Å²) in [6.45, 7) is 1.44. The highest BCUT2D eigenvalue weighted by atomic mass is 16.2. The molecule has 0 aliphatic carbocycles. The maximum Gasteiger partial charge on any atom is 0.262 e. The fourth-order valence-electron chi connectivity index (χ4n) is 5.56. The zero-order valence-electron chi connectivity index (χ0n) is 16.1. The molecule has 4 aliphatic rings. The van der Waals surface area contributed by atoms with Gasteiger partial charge in [0.15, 0.2) is 0 Å². The molecule has 3 N–H and O–H groups in total. The third-order valence-electron chi connectivity index (χ3n) is 6.98. The highest BCUT2D eigenvalue weighted by Gasteiger charge is 2.46. The molecule has 1 aromatic rings. The van der Waals surface area contributed by atoms with Crippen LogP contribution in [0.1, 0.15) is 58.4 Å². The van der Waals surface area contributed by atoms with E-state index in [9.17, 15) is 19.2 Å². The number of carbonyl (C=O) groups excluding carboxylic acids is 4. The summed E-state index contributed by atoms with van der Waals surface area (Å²) in [4.78, 5) is 52.8. The summed E-state index contributed by atoms with van der Waals surface area (Å²) in [5, 5.41) is 2.22. The van der Waals surface area contributed by atoms with E-state index in [1.54, 1.807) is 12.1 Å². The van der Waals surface area contributed by atoms with E-state index in [0.29, 0.717) is 35.7 Å². The Hall–Kier alpha value is -2.58. The lowest BCUT2D eigenvalue weighted by Crippen LogP contribution is -2.54. The molecule has 4 atom stereocenters. The molecule has 4 aliphatic heterocycles. The summed E-state index contributed by atoms with van der Waals surface area (Å²) in [5.41, 5.74) is 7.58. The van der Waals surface area contributed by atoms with Gasteiger partial charge in [-0.2, -0.15) is 0 Å². The molecule has 0 saturated carbocycles. The van der Waals surface area contributed by atoms with Crippen LogP contribution in [0.4, 0.5) is 0 Å². The van der Waals surface area contributed by atoms with Gasteiger partial charge in [-0.15, -0.1) is 0 Å². The molecule has 8 heteroatoms. The number of hydrogen-bond acceptors (Lipinski definition) is 6. The maximum absolute atomic E-state index is 13.0. The van der Waals surface area contributed by atoms with Gasteiger partial charge in [0, 0.05) is 25.0 Å². The predicted molar refractivity (Wildman–Crippen MR) is 103 cm³/mol. The van der Waals surface area contributed by atoms with E-state index in [2.05, 4.69) is 10.2 Å². The van der Waals surface area contributed by atoms with E-state index in [-0.39, 0.29) is 18.7 Å². The minimum absolute atomic E-state index is 0.120. The molecule has 29 heavy (non-hydrogen) atoms.